The summed E-state index contributed by atoms with van der Waals surface area (Å²) < 4.78 is 11.1. The molecule has 2 N–H and O–H groups in total. The zero-order valence-electron chi connectivity index (χ0n) is 15.9. The first-order valence-corrected chi connectivity index (χ1v) is 8.93. The second-order valence-electron chi connectivity index (χ2n) is 8.30. The van der Waals surface area contributed by atoms with Crippen LogP contribution < -0.4 is 10.6 Å². The van der Waals surface area contributed by atoms with Gasteiger partial charge in [-0.3, -0.25) is 0 Å². The van der Waals surface area contributed by atoms with Crippen LogP contribution in [-0.4, -0.2) is 42.5 Å². The third-order valence-corrected chi connectivity index (χ3v) is 3.82. The molecule has 0 spiro atoms. The molecule has 23 heavy (non-hydrogen) atoms. The summed E-state index contributed by atoms with van der Waals surface area (Å²) in [4.78, 5) is 11.9. The Balaban J connectivity index is 2.50. The van der Waals surface area contributed by atoms with Crippen LogP contribution in [0.5, 0.6) is 0 Å². The van der Waals surface area contributed by atoms with Crippen molar-refractivity contribution in [2.24, 2.45) is 5.92 Å². The van der Waals surface area contributed by atoms with Crippen molar-refractivity contribution in [1.29, 1.82) is 0 Å². The molecule has 0 saturated carbocycles. The van der Waals surface area contributed by atoms with Gasteiger partial charge in [0.2, 0.25) is 0 Å². The van der Waals surface area contributed by atoms with Gasteiger partial charge in [-0.1, -0.05) is 13.8 Å². The molecule has 0 aromatic carbocycles. The van der Waals surface area contributed by atoms with E-state index in [2.05, 4.69) is 38.3 Å². The van der Waals surface area contributed by atoms with Crippen LogP contribution >= 0.6 is 0 Å². The lowest BCUT2D eigenvalue weighted by Crippen LogP contribution is -2.50. The van der Waals surface area contributed by atoms with Crippen LogP contribution in [0.15, 0.2) is 0 Å². The molecule has 1 heterocycles. The Bertz CT molecular complexity index is 356. The molecule has 1 aliphatic rings. The smallest absolute Gasteiger partial charge is 0.407 e. The van der Waals surface area contributed by atoms with Crippen molar-refractivity contribution in [2.45, 2.75) is 97.6 Å². The lowest BCUT2D eigenvalue weighted by molar-refractivity contribution is -0.0438. The Labute approximate surface area is 141 Å². The number of rotatable bonds is 6. The molecule has 1 rings (SSSR count). The number of alkyl carbamates (subject to hydrolysis) is 1. The molecule has 5 heteroatoms. The number of nitrogens with one attached hydrogen (secondary N) is 2. The van der Waals surface area contributed by atoms with Gasteiger partial charge in [-0.25, -0.2) is 4.79 Å². The van der Waals surface area contributed by atoms with Crippen molar-refractivity contribution in [3.63, 3.8) is 0 Å². The predicted octanol–water partition coefficient (Wildman–Crippen LogP) is 3.47. The van der Waals surface area contributed by atoms with E-state index in [0.717, 1.165) is 19.3 Å². The first kappa shape index (κ1) is 20.2. The molecule has 136 valence electrons. The van der Waals surface area contributed by atoms with Gasteiger partial charge in [-0.2, -0.15) is 0 Å². The number of carbonyl (C=O) groups excluding carboxylic acids is 1. The van der Waals surface area contributed by atoms with E-state index >= 15 is 0 Å². The van der Waals surface area contributed by atoms with E-state index in [0.29, 0.717) is 18.5 Å². The topological polar surface area (TPSA) is 59.6 Å². The van der Waals surface area contributed by atoms with E-state index in [-0.39, 0.29) is 24.3 Å². The van der Waals surface area contributed by atoms with Crippen molar-refractivity contribution in [3.05, 3.63) is 0 Å². The number of hydrogen-bond donors (Lipinski definition) is 2. The maximum absolute atomic E-state index is 11.9. The van der Waals surface area contributed by atoms with Crippen LogP contribution in [0, 0.1) is 5.92 Å². The summed E-state index contributed by atoms with van der Waals surface area (Å²) in [5.74, 6) is 0.572. The normalized spacial score (nSPS) is 26.9. The summed E-state index contributed by atoms with van der Waals surface area (Å²) in [6.45, 7) is 14.9. The van der Waals surface area contributed by atoms with Gasteiger partial charge in [0.25, 0.3) is 0 Å². The summed E-state index contributed by atoms with van der Waals surface area (Å²) in [5, 5.41) is 6.62. The Morgan fingerprint density at radius 2 is 1.78 bits per heavy atom. The molecule has 3 unspecified atom stereocenters. The number of hydrogen-bond acceptors (Lipinski definition) is 4. The zero-order valence-corrected chi connectivity index (χ0v) is 15.9. The summed E-state index contributed by atoms with van der Waals surface area (Å²) in [6.07, 6.45) is 3.29. The molecule has 1 amide bonds. The second kappa shape index (κ2) is 8.88. The van der Waals surface area contributed by atoms with E-state index in [1.165, 1.54) is 0 Å². The van der Waals surface area contributed by atoms with Gasteiger partial charge in [-0.05, 0) is 59.8 Å². The van der Waals surface area contributed by atoms with Crippen molar-refractivity contribution in [1.82, 2.24) is 10.6 Å². The predicted molar refractivity (Wildman–Crippen MR) is 93.6 cm³/mol. The molecular weight excluding hydrogens is 292 g/mol. The van der Waals surface area contributed by atoms with Gasteiger partial charge < -0.3 is 20.1 Å². The van der Waals surface area contributed by atoms with Crippen LogP contribution in [0.3, 0.4) is 0 Å². The number of amides is 1. The summed E-state index contributed by atoms with van der Waals surface area (Å²) in [5.41, 5.74) is -0.462. The largest absolute Gasteiger partial charge is 0.444 e. The average molecular weight is 328 g/mol. The monoisotopic (exact) mass is 328 g/mol. The maximum atomic E-state index is 11.9. The van der Waals surface area contributed by atoms with Crippen molar-refractivity contribution < 1.29 is 14.3 Å². The van der Waals surface area contributed by atoms with Crippen LogP contribution in [0.2, 0.25) is 0 Å². The fourth-order valence-corrected chi connectivity index (χ4v) is 3.17. The van der Waals surface area contributed by atoms with Crippen LogP contribution in [-0.2, 0) is 9.47 Å². The SMILES string of the molecule is CC(C)CC(CNC(=O)OC(C)(C)C)NC1CC(C)OC(C)C1. The van der Waals surface area contributed by atoms with E-state index in [4.69, 9.17) is 9.47 Å². The van der Waals surface area contributed by atoms with Crippen LogP contribution in [0.25, 0.3) is 0 Å². The van der Waals surface area contributed by atoms with E-state index in [9.17, 15) is 4.79 Å². The minimum atomic E-state index is -0.462. The summed E-state index contributed by atoms with van der Waals surface area (Å²) in [6, 6.07) is 0.697. The molecule has 0 aromatic rings. The van der Waals surface area contributed by atoms with E-state index in [1.807, 2.05) is 20.8 Å². The Kier molecular flexibility index (Phi) is 7.81. The van der Waals surface area contributed by atoms with Gasteiger partial charge in [0.15, 0.2) is 0 Å². The summed E-state index contributed by atoms with van der Waals surface area (Å²) in [7, 11) is 0. The van der Waals surface area contributed by atoms with Gasteiger partial charge >= 0.3 is 6.09 Å². The first-order chi connectivity index (χ1) is 10.5. The molecule has 1 saturated heterocycles. The highest BCUT2D eigenvalue weighted by molar-refractivity contribution is 5.67. The first-order valence-electron chi connectivity index (χ1n) is 8.93. The Hall–Kier alpha value is -0.810. The Morgan fingerprint density at radius 1 is 1.22 bits per heavy atom. The lowest BCUT2D eigenvalue weighted by Gasteiger charge is -2.35. The van der Waals surface area contributed by atoms with Crippen LogP contribution in [0.4, 0.5) is 4.79 Å². The minimum Gasteiger partial charge on any atom is -0.444 e. The molecule has 1 aliphatic heterocycles. The second-order valence-corrected chi connectivity index (χ2v) is 8.30. The molecule has 1 fully saturated rings. The molecular formula is C18H36N2O3. The van der Waals surface area contributed by atoms with E-state index < -0.39 is 5.60 Å². The molecule has 0 radical (unpaired) electrons. The van der Waals surface area contributed by atoms with Gasteiger partial charge in [0, 0.05) is 18.6 Å². The Morgan fingerprint density at radius 3 is 2.26 bits per heavy atom. The highest BCUT2D eigenvalue weighted by Crippen LogP contribution is 2.20. The average Bonchev–Trinajstić information content (AvgIpc) is 2.31. The highest BCUT2D eigenvalue weighted by atomic mass is 16.6. The van der Waals surface area contributed by atoms with Crippen molar-refractivity contribution >= 4 is 6.09 Å². The number of ether oxygens (including phenoxy) is 2. The molecule has 5 nitrogen and oxygen atoms in total. The quantitative estimate of drug-likeness (QED) is 0.784. The highest BCUT2D eigenvalue weighted by Gasteiger charge is 2.27. The van der Waals surface area contributed by atoms with Crippen molar-refractivity contribution in [2.75, 3.05) is 6.54 Å². The maximum Gasteiger partial charge on any atom is 0.407 e. The fourth-order valence-electron chi connectivity index (χ4n) is 3.17. The third-order valence-electron chi connectivity index (χ3n) is 3.82. The molecule has 0 aromatic heterocycles. The van der Waals surface area contributed by atoms with Gasteiger partial charge in [0.05, 0.1) is 12.2 Å². The standard InChI is InChI=1S/C18H36N2O3/c1-12(2)8-16(11-19-17(21)23-18(5,6)7)20-15-9-13(3)22-14(4)10-15/h12-16,20H,8-11H2,1-7H3,(H,19,21). The molecule has 3 atom stereocenters. The van der Waals surface area contributed by atoms with Crippen LogP contribution in [0.1, 0.15) is 67.7 Å². The van der Waals surface area contributed by atoms with Gasteiger partial charge in [0.1, 0.15) is 5.60 Å². The lowest BCUT2D eigenvalue weighted by atomic mass is 9.96. The summed E-state index contributed by atoms with van der Waals surface area (Å²) >= 11 is 0. The minimum absolute atomic E-state index is 0.255. The van der Waals surface area contributed by atoms with Crippen molar-refractivity contribution in [3.8, 4) is 0 Å². The van der Waals surface area contributed by atoms with Gasteiger partial charge in [-0.15, -0.1) is 0 Å². The molecule has 0 aliphatic carbocycles. The van der Waals surface area contributed by atoms with E-state index in [1.54, 1.807) is 0 Å². The fraction of sp³-hybridized carbons (Fsp3) is 0.944. The number of carbonyl (C=O) groups is 1. The third kappa shape index (κ3) is 9.16. The molecule has 0 bridgehead atoms. The zero-order chi connectivity index (χ0) is 17.6.